The lowest BCUT2D eigenvalue weighted by Crippen LogP contribution is -2.13. The van der Waals surface area contributed by atoms with E-state index in [1.165, 1.54) is 7.11 Å². The van der Waals surface area contributed by atoms with Crippen LogP contribution in [0.25, 0.3) is 0 Å². The molecule has 0 N–H and O–H groups in total. The quantitative estimate of drug-likeness (QED) is 0.720. The van der Waals surface area contributed by atoms with Crippen molar-refractivity contribution in [2.45, 2.75) is 19.3 Å². The minimum Gasteiger partial charge on any atom is -0.469 e. The molecule has 0 aromatic heterocycles. The summed E-state index contributed by atoms with van der Waals surface area (Å²) in [5, 5.41) is 0.675. The topological polar surface area (TPSA) is 26.3 Å². The smallest absolute Gasteiger partial charge is 0.313 e. The van der Waals surface area contributed by atoms with E-state index in [1.54, 1.807) is 12.1 Å². The molecule has 1 aromatic rings. The van der Waals surface area contributed by atoms with Gasteiger partial charge in [-0.1, -0.05) is 30.7 Å². The Labute approximate surface area is 88.8 Å². The second-order valence-corrected chi connectivity index (χ2v) is 3.47. The van der Waals surface area contributed by atoms with Crippen LogP contribution in [0.15, 0.2) is 24.3 Å². The molecule has 2 nitrogen and oxygen atoms in total. The molecule has 0 aliphatic rings. The van der Waals surface area contributed by atoms with Crippen LogP contribution >= 0.6 is 11.6 Å². The summed E-state index contributed by atoms with van der Waals surface area (Å²) in [6.45, 7) is 1.95. The lowest BCUT2D eigenvalue weighted by Gasteiger charge is -2.12. The monoisotopic (exact) mass is 212 g/mol. The Morgan fingerprint density at radius 1 is 1.43 bits per heavy atom. The van der Waals surface area contributed by atoms with Crippen LogP contribution in [-0.2, 0) is 9.53 Å². The molecule has 0 radical (unpaired) electrons. The van der Waals surface area contributed by atoms with Crippen molar-refractivity contribution >= 4 is 17.6 Å². The fourth-order valence-electron chi connectivity index (χ4n) is 1.38. The number of halogens is 1. The fraction of sp³-hybridized carbons (Fsp3) is 0.364. The molecule has 0 bridgehead atoms. The Morgan fingerprint density at radius 2 is 2.00 bits per heavy atom. The molecule has 1 aromatic carbocycles. The number of esters is 1. The van der Waals surface area contributed by atoms with Crippen molar-refractivity contribution in [1.29, 1.82) is 0 Å². The van der Waals surface area contributed by atoms with Gasteiger partial charge in [-0.15, -0.1) is 0 Å². The van der Waals surface area contributed by atoms with E-state index in [4.69, 9.17) is 16.3 Å². The Balaban J connectivity index is 2.89. The molecule has 0 fully saturated rings. The Kier molecular flexibility index (Phi) is 3.96. The van der Waals surface area contributed by atoms with Gasteiger partial charge in [-0.05, 0) is 24.1 Å². The number of hydrogen-bond donors (Lipinski definition) is 0. The summed E-state index contributed by atoms with van der Waals surface area (Å²) in [5.41, 5.74) is 0.948. The average Bonchev–Trinajstić information content (AvgIpc) is 2.21. The maximum absolute atomic E-state index is 11.4. The van der Waals surface area contributed by atoms with E-state index in [1.807, 2.05) is 19.1 Å². The minimum atomic E-state index is -0.199. The molecule has 0 amide bonds. The van der Waals surface area contributed by atoms with Gasteiger partial charge >= 0.3 is 5.97 Å². The molecule has 0 unspecified atom stereocenters. The number of carbonyl (C=O) groups excluding carboxylic acids is 1. The lowest BCUT2D eigenvalue weighted by molar-refractivity contribution is -0.142. The molecule has 3 heteroatoms. The van der Waals surface area contributed by atoms with Crippen LogP contribution in [0.5, 0.6) is 0 Å². The van der Waals surface area contributed by atoms with E-state index in [0.717, 1.165) is 12.0 Å². The summed E-state index contributed by atoms with van der Waals surface area (Å²) in [6.07, 6.45) is 0.730. The molecule has 0 heterocycles. The van der Waals surface area contributed by atoms with E-state index in [9.17, 15) is 4.79 Å². The highest BCUT2D eigenvalue weighted by molar-refractivity contribution is 6.30. The Bertz CT molecular complexity index is 306. The third-order valence-electron chi connectivity index (χ3n) is 2.17. The van der Waals surface area contributed by atoms with Crippen molar-refractivity contribution in [1.82, 2.24) is 0 Å². The normalized spacial score (nSPS) is 12.2. The summed E-state index contributed by atoms with van der Waals surface area (Å²) < 4.78 is 4.72. The number of carbonyl (C=O) groups is 1. The van der Waals surface area contributed by atoms with Crippen LogP contribution in [0.4, 0.5) is 0 Å². The van der Waals surface area contributed by atoms with Crippen molar-refractivity contribution in [2.75, 3.05) is 7.11 Å². The molecule has 76 valence electrons. The molecule has 0 saturated heterocycles. The average molecular weight is 213 g/mol. The van der Waals surface area contributed by atoms with Gasteiger partial charge in [0.25, 0.3) is 0 Å². The summed E-state index contributed by atoms with van der Waals surface area (Å²) in [6, 6.07) is 7.27. The number of benzene rings is 1. The molecule has 1 rings (SSSR count). The first-order valence-electron chi connectivity index (χ1n) is 4.52. The molecular weight excluding hydrogens is 200 g/mol. The van der Waals surface area contributed by atoms with Crippen LogP contribution in [-0.4, -0.2) is 13.1 Å². The highest BCUT2D eigenvalue weighted by Gasteiger charge is 2.18. The lowest BCUT2D eigenvalue weighted by atomic mass is 9.97. The van der Waals surface area contributed by atoms with Gasteiger partial charge < -0.3 is 4.74 Å². The SMILES string of the molecule is CC[C@@H](C(=O)OC)c1ccc(Cl)cc1. The summed E-state index contributed by atoms with van der Waals surface area (Å²) in [4.78, 5) is 11.4. The Hall–Kier alpha value is -1.02. The zero-order chi connectivity index (χ0) is 10.6. The number of methoxy groups -OCH3 is 1. The van der Waals surface area contributed by atoms with Crippen molar-refractivity contribution in [3.63, 3.8) is 0 Å². The second-order valence-electron chi connectivity index (χ2n) is 3.04. The van der Waals surface area contributed by atoms with Crippen molar-refractivity contribution in [2.24, 2.45) is 0 Å². The highest BCUT2D eigenvalue weighted by atomic mass is 35.5. The van der Waals surface area contributed by atoms with Crippen molar-refractivity contribution in [3.05, 3.63) is 34.9 Å². The van der Waals surface area contributed by atoms with Gasteiger partial charge in [-0.2, -0.15) is 0 Å². The third-order valence-corrected chi connectivity index (χ3v) is 2.42. The second kappa shape index (κ2) is 5.01. The standard InChI is InChI=1S/C11H13ClO2/c1-3-10(11(13)14-2)8-4-6-9(12)7-5-8/h4-7,10H,3H2,1-2H3/t10-/m1/s1. The molecule has 1 atom stereocenters. The predicted molar refractivity (Wildman–Crippen MR) is 56.5 cm³/mol. The largest absolute Gasteiger partial charge is 0.469 e. The van der Waals surface area contributed by atoms with E-state index >= 15 is 0 Å². The van der Waals surface area contributed by atoms with E-state index in [2.05, 4.69) is 0 Å². The summed E-state index contributed by atoms with van der Waals surface area (Å²) in [7, 11) is 1.40. The van der Waals surface area contributed by atoms with E-state index in [0.29, 0.717) is 5.02 Å². The fourth-order valence-corrected chi connectivity index (χ4v) is 1.50. The molecule has 0 saturated carbocycles. The zero-order valence-electron chi connectivity index (χ0n) is 8.29. The molecule has 0 spiro atoms. The van der Waals surface area contributed by atoms with Gasteiger partial charge in [0, 0.05) is 5.02 Å². The molecule has 0 aliphatic carbocycles. The predicted octanol–water partition coefficient (Wildman–Crippen LogP) is 3.01. The zero-order valence-corrected chi connectivity index (χ0v) is 9.04. The maximum Gasteiger partial charge on any atom is 0.313 e. The van der Waals surface area contributed by atoms with Gasteiger partial charge in [0.15, 0.2) is 0 Å². The third kappa shape index (κ3) is 2.48. The maximum atomic E-state index is 11.4. The molecule has 0 aliphatic heterocycles. The first-order chi connectivity index (χ1) is 6.69. The van der Waals surface area contributed by atoms with Crippen LogP contribution in [0.2, 0.25) is 5.02 Å². The summed E-state index contributed by atoms with van der Waals surface area (Å²) in [5.74, 6) is -0.382. The number of hydrogen-bond acceptors (Lipinski definition) is 2. The van der Waals surface area contributed by atoms with Crippen LogP contribution in [0.3, 0.4) is 0 Å². The van der Waals surface area contributed by atoms with Gasteiger partial charge in [0.1, 0.15) is 0 Å². The van der Waals surface area contributed by atoms with Crippen LogP contribution < -0.4 is 0 Å². The number of ether oxygens (including phenoxy) is 1. The molecule has 14 heavy (non-hydrogen) atoms. The van der Waals surface area contributed by atoms with Crippen molar-refractivity contribution < 1.29 is 9.53 Å². The van der Waals surface area contributed by atoms with Gasteiger partial charge in [0.05, 0.1) is 13.0 Å². The first-order valence-corrected chi connectivity index (χ1v) is 4.90. The van der Waals surface area contributed by atoms with Crippen LogP contribution in [0, 0.1) is 0 Å². The first kappa shape index (κ1) is 11.1. The highest BCUT2D eigenvalue weighted by Crippen LogP contribution is 2.22. The van der Waals surface area contributed by atoms with Gasteiger partial charge in [0.2, 0.25) is 0 Å². The van der Waals surface area contributed by atoms with Crippen LogP contribution in [0.1, 0.15) is 24.8 Å². The minimum absolute atomic E-state index is 0.183. The Morgan fingerprint density at radius 3 is 2.43 bits per heavy atom. The summed E-state index contributed by atoms with van der Waals surface area (Å²) >= 11 is 5.76. The van der Waals surface area contributed by atoms with Gasteiger partial charge in [-0.3, -0.25) is 4.79 Å². The van der Waals surface area contributed by atoms with Gasteiger partial charge in [-0.25, -0.2) is 0 Å². The van der Waals surface area contributed by atoms with E-state index in [-0.39, 0.29) is 11.9 Å². The number of rotatable bonds is 3. The van der Waals surface area contributed by atoms with Crippen molar-refractivity contribution in [3.8, 4) is 0 Å². The molecular formula is C11H13ClO2. The van der Waals surface area contributed by atoms with E-state index < -0.39 is 0 Å².